The van der Waals surface area contributed by atoms with Gasteiger partial charge in [-0.3, -0.25) is 9.59 Å². The van der Waals surface area contributed by atoms with E-state index in [2.05, 4.69) is 0 Å². The van der Waals surface area contributed by atoms with Crippen LogP contribution in [0.15, 0.2) is 24.3 Å². The molecule has 104 valence electrons. The largest absolute Gasteiger partial charge is 0.480 e. The van der Waals surface area contributed by atoms with Crippen LogP contribution in [0.5, 0.6) is 0 Å². The first-order valence-electron chi connectivity index (χ1n) is 6.17. The van der Waals surface area contributed by atoms with E-state index in [9.17, 15) is 9.59 Å². The Kier molecular flexibility index (Phi) is 5.06. The Morgan fingerprint density at radius 2 is 1.79 bits per heavy atom. The van der Waals surface area contributed by atoms with E-state index in [1.54, 1.807) is 26.0 Å². The van der Waals surface area contributed by atoms with Crippen LogP contribution >= 0.6 is 0 Å². The van der Waals surface area contributed by atoms with E-state index in [1.165, 1.54) is 4.90 Å². The summed E-state index contributed by atoms with van der Waals surface area (Å²) in [6, 6.07) is 6.29. The van der Waals surface area contributed by atoms with Crippen LogP contribution in [-0.4, -0.2) is 34.5 Å². The van der Waals surface area contributed by atoms with Crippen molar-refractivity contribution in [1.82, 2.24) is 4.90 Å². The number of carboxylic acids is 1. The lowest BCUT2D eigenvalue weighted by atomic mass is 10.0. The summed E-state index contributed by atoms with van der Waals surface area (Å²) in [5, 5.41) is 8.84. The molecule has 5 nitrogen and oxygen atoms in total. The number of carbonyl (C=O) groups is 2. The van der Waals surface area contributed by atoms with E-state index in [0.29, 0.717) is 5.56 Å². The number of hydrogen-bond donors (Lipinski definition) is 2. The molecule has 1 rings (SSSR count). The molecule has 0 bridgehead atoms. The number of hydrogen-bond acceptors (Lipinski definition) is 3. The van der Waals surface area contributed by atoms with Gasteiger partial charge in [0.2, 0.25) is 5.91 Å². The highest BCUT2D eigenvalue weighted by atomic mass is 16.4. The lowest BCUT2D eigenvalue weighted by Crippen LogP contribution is -2.45. The fourth-order valence-electron chi connectivity index (χ4n) is 1.76. The minimum atomic E-state index is -1.04. The van der Waals surface area contributed by atoms with E-state index in [1.807, 2.05) is 19.1 Å². The van der Waals surface area contributed by atoms with Crippen LogP contribution in [0.1, 0.15) is 31.0 Å². The zero-order chi connectivity index (χ0) is 14.6. The van der Waals surface area contributed by atoms with Gasteiger partial charge in [-0.2, -0.15) is 0 Å². The maximum atomic E-state index is 12.2. The van der Waals surface area contributed by atoms with Crippen molar-refractivity contribution in [3.05, 3.63) is 35.4 Å². The third kappa shape index (κ3) is 4.06. The predicted octanol–water partition coefficient (Wildman–Crippen LogP) is 1.32. The van der Waals surface area contributed by atoms with Crippen molar-refractivity contribution >= 4 is 11.9 Å². The highest BCUT2D eigenvalue weighted by Gasteiger charge is 2.26. The van der Waals surface area contributed by atoms with Gasteiger partial charge in [-0.05, 0) is 26.3 Å². The van der Waals surface area contributed by atoms with Gasteiger partial charge in [0, 0.05) is 6.04 Å². The molecule has 0 aliphatic rings. The maximum Gasteiger partial charge on any atom is 0.323 e. The Labute approximate surface area is 113 Å². The van der Waals surface area contributed by atoms with Crippen LogP contribution in [0, 0.1) is 6.92 Å². The number of nitrogens with zero attached hydrogens (tertiary/aromatic N) is 1. The van der Waals surface area contributed by atoms with Crippen LogP contribution in [0.2, 0.25) is 0 Å². The molecule has 0 saturated heterocycles. The van der Waals surface area contributed by atoms with E-state index in [-0.39, 0.29) is 18.5 Å². The third-order valence-corrected chi connectivity index (χ3v) is 2.91. The molecule has 0 aromatic heterocycles. The monoisotopic (exact) mass is 264 g/mol. The fourth-order valence-corrected chi connectivity index (χ4v) is 1.76. The minimum absolute atomic E-state index is 0.208. The van der Waals surface area contributed by atoms with Crippen molar-refractivity contribution in [3.8, 4) is 0 Å². The zero-order valence-corrected chi connectivity index (χ0v) is 11.5. The first kappa shape index (κ1) is 15.2. The molecule has 0 saturated carbocycles. The van der Waals surface area contributed by atoms with Crippen molar-refractivity contribution in [2.75, 3.05) is 6.54 Å². The highest BCUT2D eigenvalue weighted by molar-refractivity contribution is 5.86. The van der Waals surface area contributed by atoms with Gasteiger partial charge >= 0.3 is 5.97 Å². The second kappa shape index (κ2) is 6.33. The number of aliphatic carboxylic acids is 1. The van der Waals surface area contributed by atoms with Crippen molar-refractivity contribution in [2.45, 2.75) is 32.9 Å². The van der Waals surface area contributed by atoms with Gasteiger partial charge in [0.05, 0.1) is 0 Å². The normalized spacial score (nSPS) is 12.3. The summed E-state index contributed by atoms with van der Waals surface area (Å²) in [4.78, 5) is 24.3. The predicted molar refractivity (Wildman–Crippen MR) is 72.6 cm³/mol. The standard InChI is InChI=1S/C14H20N2O3/c1-9(2)16(8-12(17)18)14(19)13(15)11-6-4-10(3)5-7-11/h4-7,9,13H,8,15H2,1-3H3,(H,17,18). The molecule has 1 amide bonds. The van der Waals surface area contributed by atoms with Crippen molar-refractivity contribution in [3.63, 3.8) is 0 Å². The molecule has 3 N–H and O–H groups in total. The summed E-state index contributed by atoms with van der Waals surface area (Å²) in [6.07, 6.45) is 0. The molecule has 19 heavy (non-hydrogen) atoms. The average Bonchev–Trinajstić information content (AvgIpc) is 2.34. The number of nitrogens with two attached hydrogens (primary N) is 1. The van der Waals surface area contributed by atoms with Gasteiger partial charge < -0.3 is 15.7 Å². The van der Waals surface area contributed by atoms with Crippen molar-refractivity contribution in [2.24, 2.45) is 5.73 Å². The summed E-state index contributed by atoms with van der Waals surface area (Å²) in [5.41, 5.74) is 7.68. The van der Waals surface area contributed by atoms with E-state index < -0.39 is 12.0 Å². The van der Waals surface area contributed by atoms with Gasteiger partial charge in [-0.1, -0.05) is 29.8 Å². The second-order valence-electron chi connectivity index (χ2n) is 4.84. The number of aryl methyl sites for hydroxylation is 1. The third-order valence-electron chi connectivity index (χ3n) is 2.91. The average molecular weight is 264 g/mol. The Morgan fingerprint density at radius 1 is 1.26 bits per heavy atom. The van der Waals surface area contributed by atoms with Gasteiger partial charge in [-0.25, -0.2) is 0 Å². The smallest absolute Gasteiger partial charge is 0.323 e. The highest BCUT2D eigenvalue weighted by Crippen LogP contribution is 2.15. The fraction of sp³-hybridized carbons (Fsp3) is 0.429. The van der Waals surface area contributed by atoms with E-state index >= 15 is 0 Å². The molecule has 5 heteroatoms. The molecule has 0 fully saturated rings. The van der Waals surface area contributed by atoms with Gasteiger partial charge in [0.15, 0.2) is 0 Å². The Balaban J connectivity index is 2.89. The van der Waals surface area contributed by atoms with E-state index in [0.717, 1.165) is 5.56 Å². The molecule has 0 radical (unpaired) electrons. The zero-order valence-electron chi connectivity index (χ0n) is 11.5. The molecule has 1 atom stereocenters. The Morgan fingerprint density at radius 3 is 2.21 bits per heavy atom. The SMILES string of the molecule is Cc1ccc(C(N)C(=O)N(CC(=O)O)C(C)C)cc1. The number of carbonyl (C=O) groups excluding carboxylic acids is 1. The lowest BCUT2D eigenvalue weighted by Gasteiger charge is -2.27. The molecule has 1 aromatic carbocycles. The molecule has 0 spiro atoms. The van der Waals surface area contributed by atoms with Gasteiger partial charge in [0.1, 0.15) is 12.6 Å². The molecule has 0 aliphatic heterocycles. The second-order valence-corrected chi connectivity index (χ2v) is 4.84. The van der Waals surface area contributed by atoms with Crippen LogP contribution in [0.3, 0.4) is 0 Å². The summed E-state index contributed by atoms with van der Waals surface area (Å²) in [7, 11) is 0. The van der Waals surface area contributed by atoms with Crippen molar-refractivity contribution in [1.29, 1.82) is 0 Å². The van der Waals surface area contributed by atoms with Crippen LogP contribution < -0.4 is 5.73 Å². The molecule has 0 heterocycles. The summed E-state index contributed by atoms with van der Waals surface area (Å²) >= 11 is 0. The van der Waals surface area contributed by atoms with E-state index in [4.69, 9.17) is 10.8 Å². The minimum Gasteiger partial charge on any atom is -0.480 e. The summed E-state index contributed by atoms with van der Waals surface area (Å²) < 4.78 is 0. The quantitative estimate of drug-likeness (QED) is 0.840. The Hall–Kier alpha value is -1.88. The number of amides is 1. The molecular weight excluding hydrogens is 244 g/mol. The number of carboxylic acid groups (broad SMARTS) is 1. The first-order chi connectivity index (χ1) is 8.82. The summed E-state index contributed by atoms with van der Waals surface area (Å²) in [6.45, 7) is 5.14. The topological polar surface area (TPSA) is 83.6 Å². The van der Waals surface area contributed by atoms with Crippen LogP contribution in [0.25, 0.3) is 0 Å². The van der Waals surface area contributed by atoms with Crippen LogP contribution in [-0.2, 0) is 9.59 Å². The first-order valence-corrected chi connectivity index (χ1v) is 6.17. The summed E-state index contributed by atoms with van der Waals surface area (Å²) in [5.74, 6) is -1.42. The molecule has 1 aromatic rings. The molecular formula is C14H20N2O3. The molecule has 1 unspecified atom stereocenters. The number of benzene rings is 1. The maximum absolute atomic E-state index is 12.2. The number of rotatable bonds is 5. The van der Waals surface area contributed by atoms with Crippen molar-refractivity contribution < 1.29 is 14.7 Å². The van der Waals surface area contributed by atoms with Gasteiger partial charge in [0.25, 0.3) is 0 Å². The van der Waals surface area contributed by atoms with Crippen LogP contribution in [0.4, 0.5) is 0 Å². The molecule has 0 aliphatic carbocycles. The Bertz CT molecular complexity index is 454. The lowest BCUT2D eigenvalue weighted by molar-refractivity contribution is -0.146. The van der Waals surface area contributed by atoms with Gasteiger partial charge in [-0.15, -0.1) is 0 Å².